The summed E-state index contributed by atoms with van der Waals surface area (Å²) in [7, 11) is 3.19. The summed E-state index contributed by atoms with van der Waals surface area (Å²) in [5.74, 6) is 1.18. The zero-order valence-corrected chi connectivity index (χ0v) is 19.9. The molecule has 174 valence electrons. The van der Waals surface area contributed by atoms with Crippen LogP contribution in [0.2, 0.25) is 0 Å². The predicted octanol–water partition coefficient (Wildman–Crippen LogP) is 3.98. The maximum atomic E-state index is 13.7. The Hall–Kier alpha value is -3.85. The Morgan fingerprint density at radius 2 is 1.74 bits per heavy atom. The summed E-state index contributed by atoms with van der Waals surface area (Å²) in [5, 5.41) is 7.77. The Kier molecular flexibility index (Phi) is 6.18. The van der Waals surface area contributed by atoms with Gasteiger partial charge in [0.1, 0.15) is 5.69 Å². The highest BCUT2D eigenvalue weighted by molar-refractivity contribution is 7.13. The monoisotopic (exact) mass is 475 g/mol. The van der Waals surface area contributed by atoms with Gasteiger partial charge in [-0.3, -0.25) is 4.79 Å². The van der Waals surface area contributed by atoms with Gasteiger partial charge in [0.25, 0.3) is 5.91 Å². The summed E-state index contributed by atoms with van der Waals surface area (Å²) in [4.78, 5) is 22.2. The van der Waals surface area contributed by atoms with Crippen molar-refractivity contribution in [2.45, 2.75) is 0 Å². The van der Waals surface area contributed by atoms with E-state index in [1.807, 2.05) is 71.2 Å². The number of methoxy groups -OCH3 is 2. The molecule has 0 spiro atoms. The lowest BCUT2D eigenvalue weighted by Gasteiger charge is -2.34. The highest BCUT2D eigenvalue weighted by atomic mass is 32.1. The molecule has 9 heteroatoms. The van der Waals surface area contributed by atoms with E-state index in [-0.39, 0.29) is 5.91 Å². The van der Waals surface area contributed by atoms with Gasteiger partial charge in [-0.15, -0.1) is 11.3 Å². The van der Waals surface area contributed by atoms with Gasteiger partial charge in [-0.25, -0.2) is 9.67 Å². The van der Waals surface area contributed by atoms with Gasteiger partial charge in [-0.1, -0.05) is 18.2 Å². The van der Waals surface area contributed by atoms with Gasteiger partial charge in [-0.2, -0.15) is 5.10 Å². The topological polar surface area (TPSA) is 72.7 Å². The maximum absolute atomic E-state index is 13.7. The Morgan fingerprint density at radius 1 is 0.971 bits per heavy atom. The fourth-order valence-corrected chi connectivity index (χ4v) is 4.78. The van der Waals surface area contributed by atoms with Gasteiger partial charge in [-0.05, 0) is 30.3 Å². The largest absolute Gasteiger partial charge is 0.493 e. The molecule has 4 aromatic rings. The predicted molar refractivity (Wildman–Crippen MR) is 132 cm³/mol. The average Bonchev–Trinajstić information content (AvgIpc) is 3.59. The van der Waals surface area contributed by atoms with Crippen LogP contribution in [0.5, 0.6) is 11.5 Å². The molecule has 0 radical (unpaired) electrons. The number of aromatic nitrogens is 3. The van der Waals surface area contributed by atoms with Gasteiger partial charge in [0.15, 0.2) is 16.6 Å². The summed E-state index contributed by atoms with van der Waals surface area (Å²) in [6.07, 6.45) is 3.63. The molecule has 1 aliphatic heterocycles. The second kappa shape index (κ2) is 9.56. The van der Waals surface area contributed by atoms with Gasteiger partial charge < -0.3 is 19.3 Å². The minimum Gasteiger partial charge on any atom is -0.493 e. The molecule has 8 nitrogen and oxygen atoms in total. The molecular formula is C25H25N5O3S. The molecule has 2 aromatic heterocycles. The molecule has 3 heterocycles. The van der Waals surface area contributed by atoms with Crippen molar-refractivity contribution in [2.75, 3.05) is 45.3 Å². The van der Waals surface area contributed by atoms with E-state index >= 15 is 0 Å². The van der Waals surface area contributed by atoms with Crippen LogP contribution >= 0.6 is 11.3 Å². The summed E-state index contributed by atoms with van der Waals surface area (Å²) in [6.45, 7) is 2.75. The number of carbonyl (C=O) groups excluding carboxylic acids is 1. The molecule has 1 fully saturated rings. The lowest BCUT2D eigenvalue weighted by molar-refractivity contribution is 0.0747. The standard InChI is InChI=1S/C25H25N5O3S/c1-32-21-9-8-18(16-22(21)33-2)23-20(17-30(27-23)19-6-4-3-5-7-19)24(31)28-11-13-29(14-12-28)25-26-10-15-34-25/h3-10,15-17H,11-14H2,1-2H3. The van der Waals surface area contributed by atoms with E-state index in [9.17, 15) is 4.79 Å². The minimum absolute atomic E-state index is 0.0363. The molecule has 1 saturated heterocycles. The lowest BCUT2D eigenvalue weighted by Crippen LogP contribution is -2.48. The van der Waals surface area contributed by atoms with Gasteiger partial charge >= 0.3 is 0 Å². The zero-order valence-electron chi connectivity index (χ0n) is 19.0. The molecule has 1 aliphatic rings. The normalized spacial score (nSPS) is 13.7. The van der Waals surface area contributed by atoms with E-state index in [0.717, 1.165) is 29.5 Å². The molecule has 2 aromatic carbocycles. The average molecular weight is 476 g/mol. The number of para-hydroxylation sites is 1. The van der Waals surface area contributed by atoms with Gasteiger partial charge in [0.05, 0.1) is 25.5 Å². The van der Waals surface area contributed by atoms with Crippen molar-refractivity contribution in [3.8, 4) is 28.4 Å². The third-order valence-corrected chi connectivity index (χ3v) is 6.71. The second-order valence-electron chi connectivity index (χ2n) is 7.84. The first-order valence-corrected chi connectivity index (χ1v) is 11.9. The van der Waals surface area contributed by atoms with Crippen molar-refractivity contribution in [1.29, 1.82) is 0 Å². The highest BCUT2D eigenvalue weighted by Crippen LogP contribution is 2.34. The highest BCUT2D eigenvalue weighted by Gasteiger charge is 2.27. The van der Waals surface area contributed by atoms with Crippen LogP contribution in [0.25, 0.3) is 16.9 Å². The van der Waals surface area contributed by atoms with Crippen molar-refractivity contribution in [1.82, 2.24) is 19.7 Å². The van der Waals surface area contributed by atoms with Crippen LogP contribution in [0.4, 0.5) is 5.13 Å². The molecule has 1 amide bonds. The fraction of sp³-hybridized carbons (Fsp3) is 0.240. The molecule has 0 unspecified atom stereocenters. The number of nitrogens with zero attached hydrogens (tertiary/aromatic N) is 5. The van der Waals surface area contributed by atoms with Gasteiger partial charge in [0.2, 0.25) is 0 Å². The van der Waals surface area contributed by atoms with Crippen molar-refractivity contribution >= 4 is 22.4 Å². The molecule has 5 rings (SSSR count). The number of ether oxygens (including phenoxy) is 2. The van der Waals surface area contributed by atoms with E-state index in [0.29, 0.717) is 35.8 Å². The summed E-state index contributed by atoms with van der Waals surface area (Å²) in [5.41, 5.74) is 2.84. The van der Waals surface area contributed by atoms with Crippen LogP contribution in [-0.4, -0.2) is 66.0 Å². The number of hydrogen-bond donors (Lipinski definition) is 0. The van der Waals surface area contributed by atoms with Crippen molar-refractivity contribution in [2.24, 2.45) is 0 Å². The Bertz CT molecular complexity index is 1270. The number of thiazole rings is 1. The third-order valence-electron chi connectivity index (χ3n) is 5.88. The first-order valence-electron chi connectivity index (χ1n) is 11.0. The van der Waals surface area contributed by atoms with Crippen LogP contribution in [0.15, 0.2) is 66.3 Å². The molecule has 0 atom stereocenters. The molecule has 0 N–H and O–H groups in total. The maximum Gasteiger partial charge on any atom is 0.257 e. The number of rotatable bonds is 6. The van der Waals surface area contributed by atoms with E-state index in [4.69, 9.17) is 14.6 Å². The lowest BCUT2D eigenvalue weighted by atomic mass is 10.1. The van der Waals surface area contributed by atoms with E-state index < -0.39 is 0 Å². The SMILES string of the molecule is COc1ccc(-c2nn(-c3ccccc3)cc2C(=O)N2CCN(c3nccs3)CC2)cc1OC. The Balaban J connectivity index is 1.48. The first-order chi connectivity index (χ1) is 16.7. The Morgan fingerprint density at radius 3 is 2.41 bits per heavy atom. The summed E-state index contributed by atoms with van der Waals surface area (Å²) < 4.78 is 12.6. The van der Waals surface area contributed by atoms with Gasteiger partial charge in [0, 0.05) is 49.5 Å². The second-order valence-corrected chi connectivity index (χ2v) is 8.71. The zero-order chi connectivity index (χ0) is 23.5. The Labute approximate surface area is 202 Å². The van der Waals surface area contributed by atoms with E-state index in [1.54, 1.807) is 30.2 Å². The minimum atomic E-state index is -0.0363. The number of amides is 1. The van der Waals surface area contributed by atoms with Crippen LogP contribution in [0, 0.1) is 0 Å². The number of hydrogen-bond acceptors (Lipinski definition) is 7. The number of anilines is 1. The van der Waals surface area contributed by atoms with Crippen LogP contribution in [0.1, 0.15) is 10.4 Å². The van der Waals surface area contributed by atoms with Crippen LogP contribution in [0.3, 0.4) is 0 Å². The summed E-state index contributed by atoms with van der Waals surface area (Å²) in [6, 6.07) is 15.4. The molecule has 0 aliphatic carbocycles. The molecule has 0 saturated carbocycles. The number of piperazine rings is 1. The van der Waals surface area contributed by atoms with Crippen molar-refractivity contribution in [3.05, 3.63) is 71.9 Å². The van der Waals surface area contributed by atoms with E-state index in [2.05, 4.69) is 9.88 Å². The number of benzene rings is 2. The first kappa shape index (κ1) is 22.0. The van der Waals surface area contributed by atoms with Crippen LogP contribution in [-0.2, 0) is 0 Å². The van der Waals surface area contributed by atoms with Crippen LogP contribution < -0.4 is 14.4 Å². The molecular weight excluding hydrogens is 450 g/mol. The summed E-state index contributed by atoms with van der Waals surface area (Å²) >= 11 is 1.62. The van der Waals surface area contributed by atoms with E-state index in [1.165, 1.54) is 0 Å². The third kappa shape index (κ3) is 4.22. The van der Waals surface area contributed by atoms with Crippen molar-refractivity contribution < 1.29 is 14.3 Å². The molecule has 34 heavy (non-hydrogen) atoms. The fourth-order valence-electron chi connectivity index (χ4n) is 4.08. The number of carbonyl (C=O) groups is 1. The quantitative estimate of drug-likeness (QED) is 0.420. The van der Waals surface area contributed by atoms with Crippen molar-refractivity contribution in [3.63, 3.8) is 0 Å². The molecule has 0 bridgehead atoms. The smallest absolute Gasteiger partial charge is 0.257 e.